The lowest BCUT2D eigenvalue weighted by Gasteiger charge is -2.51. The van der Waals surface area contributed by atoms with Gasteiger partial charge in [0, 0.05) is 13.8 Å². The number of ether oxygens (including phenoxy) is 13. The van der Waals surface area contributed by atoms with Crippen LogP contribution >= 0.6 is 0 Å². The van der Waals surface area contributed by atoms with Crippen molar-refractivity contribution in [2.75, 3.05) is 46.2 Å². The van der Waals surface area contributed by atoms with Crippen molar-refractivity contribution in [1.29, 1.82) is 0 Å². The van der Waals surface area contributed by atoms with Crippen LogP contribution in [0.5, 0.6) is 0 Å². The molecule has 0 radical (unpaired) electrons. The van der Waals surface area contributed by atoms with E-state index in [4.69, 9.17) is 61.6 Å². The summed E-state index contributed by atoms with van der Waals surface area (Å²) in [5.74, 6) is -1.82. The zero-order valence-electron chi connectivity index (χ0n) is 44.7. The standard InChI is InChI=1S/C46H78N2O36/c1-10(55)47-19-25(61)35(81-44-31(67)28(64)22(58)13(4-50)75-44)15(6-52)77-41(19)80-37-17(8-54)79-46(83-38-24(60)18(73-40(71)34(38)70)9-72-43-30(66)27(63)21(57)12(3-49)74-43)39(33(37)69)84-42-20(48-11(2)56)26(62)36(16(7-53)78-42)82-45-32(68)29(65)23(59)14(5-51)76-45/h12-46,49-54,57-71H,3-9H2,1-2H3,(H,47,55)(H,48,56)/t12-,13-,14-,15-,16-,17-,18-,19-,20-,21-,22+,23+,24-,25-,26-,27+,28+,29+,30+,31-,32-,33+,34+,35-,36-,37-,38+,39+,40?,41+,42+,43+,44+,45+,46-/m1/s1. The van der Waals surface area contributed by atoms with Crippen LogP contribution in [-0.2, 0) is 71.2 Å². The second kappa shape index (κ2) is 29.9. The Morgan fingerprint density at radius 2 is 0.631 bits per heavy atom. The highest BCUT2D eigenvalue weighted by molar-refractivity contribution is 5.73. The zero-order chi connectivity index (χ0) is 61.9. The van der Waals surface area contributed by atoms with Crippen molar-refractivity contribution in [3.63, 3.8) is 0 Å². The first-order valence-electron chi connectivity index (χ1n) is 26.6. The molecule has 0 saturated carbocycles. The SMILES string of the molecule is CC(=O)N[C@H]1[C@H](O[C@@H]2[C@@H](O[C@H]3[C@H](O)[C@@H](CO[C@H]4O[C@H](CO)[C@@H](O)[C@H](O)[C@@H]4O)OC(O)[C@H]3O)O[C@H](CO)[C@@H](O[C@@H]3O[C@H](CO)[C@@H](O[C@@H]4O[C@H](CO)[C@H](O)[C@H](O)[C@H]4O)[C@H](O)[C@H]3NC(C)=O)[C@@H]2O)O[C@H](CO)[C@@H](O[C@@H]2O[C@H](CO)[C@H](O)[C@H](O)[C@H]2O)[C@@H]1O. The highest BCUT2D eigenvalue weighted by Gasteiger charge is 2.59. The van der Waals surface area contributed by atoms with E-state index in [0.717, 1.165) is 13.8 Å². The molecule has 38 nitrogen and oxygen atoms in total. The summed E-state index contributed by atoms with van der Waals surface area (Å²) in [6.07, 6.45) is -65.2. The van der Waals surface area contributed by atoms with Gasteiger partial charge in [-0.1, -0.05) is 0 Å². The summed E-state index contributed by atoms with van der Waals surface area (Å²) >= 11 is 0. The van der Waals surface area contributed by atoms with E-state index in [1.807, 2.05) is 0 Å². The molecule has 38 heteroatoms. The lowest BCUT2D eigenvalue weighted by Crippen LogP contribution is -2.71. The molecule has 0 bridgehead atoms. The van der Waals surface area contributed by atoms with E-state index in [2.05, 4.69) is 10.6 Å². The van der Waals surface area contributed by atoms with E-state index in [1.54, 1.807) is 0 Å². The maximum absolute atomic E-state index is 12.8. The second-order valence-electron chi connectivity index (χ2n) is 21.1. The van der Waals surface area contributed by atoms with E-state index in [-0.39, 0.29) is 0 Å². The predicted octanol–water partition coefficient (Wildman–Crippen LogP) is -16.0. The first kappa shape index (κ1) is 69.1. The van der Waals surface area contributed by atoms with Crippen molar-refractivity contribution in [3.05, 3.63) is 0 Å². The van der Waals surface area contributed by atoms with E-state index >= 15 is 0 Å². The van der Waals surface area contributed by atoms with Gasteiger partial charge in [-0.3, -0.25) is 9.59 Å². The van der Waals surface area contributed by atoms with Crippen LogP contribution in [0.3, 0.4) is 0 Å². The fourth-order valence-electron chi connectivity index (χ4n) is 10.7. The minimum absolute atomic E-state index is 0.863. The van der Waals surface area contributed by atoms with Gasteiger partial charge in [0.05, 0.1) is 46.2 Å². The third-order valence-corrected chi connectivity index (χ3v) is 15.3. The first-order valence-corrected chi connectivity index (χ1v) is 26.6. The molecule has 7 aliphatic heterocycles. The molecule has 2 amide bonds. The number of hydrogen-bond donors (Lipinski definition) is 23. The highest BCUT2D eigenvalue weighted by Crippen LogP contribution is 2.38. The van der Waals surface area contributed by atoms with Crippen molar-refractivity contribution in [2.45, 2.75) is 229 Å². The Kier molecular flexibility index (Phi) is 24.6. The maximum atomic E-state index is 12.8. The molecule has 0 spiro atoms. The number of carbonyl (C=O) groups excluding carboxylic acids is 2. The number of hydrogen-bond acceptors (Lipinski definition) is 36. The molecule has 23 N–H and O–H groups in total. The van der Waals surface area contributed by atoms with Crippen LogP contribution in [-0.4, -0.2) is 380 Å². The Bertz CT molecular complexity index is 2060. The largest absolute Gasteiger partial charge is 0.394 e. The van der Waals surface area contributed by atoms with Gasteiger partial charge in [0.1, 0.15) is 171 Å². The van der Waals surface area contributed by atoms with Gasteiger partial charge in [0.2, 0.25) is 11.8 Å². The van der Waals surface area contributed by atoms with Crippen LogP contribution in [0.4, 0.5) is 0 Å². The molecule has 0 aromatic carbocycles. The Morgan fingerprint density at radius 3 is 1.02 bits per heavy atom. The predicted molar refractivity (Wildman–Crippen MR) is 255 cm³/mol. The Morgan fingerprint density at radius 1 is 0.310 bits per heavy atom. The lowest BCUT2D eigenvalue weighted by atomic mass is 9.93. The van der Waals surface area contributed by atoms with Gasteiger partial charge >= 0.3 is 0 Å². The monoisotopic (exact) mass is 1230 g/mol. The molecule has 7 saturated heterocycles. The van der Waals surface area contributed by atoms with Gasteiger partial charge in [-0.2, -0.15) is 0 Å². The normalized spacial score (nSPS) is 50.3. The Labute approximate surface area is 475 Å². The molecule has 488 valence electrons. The van der Waals surface area contributed by atoms with Crippen molar-refractivity contribution >= 4 is 11.8 Å². The minimum atomic E-state index is -2.39. The van der Waals surface area contributed by atoms with Gasteiger partial charge in [-0.25, -0.2) is 0 Å². The molecule has 84 heavy (non-hydrogen) atoms. The number of rotatable bonds is 21. The van der Waals surface area contributed by atoms with Crippen LogP contribution in [0, 0.1) is 0 Å². The van der Waals surface area contributed by atoms with Crippen molar-refractivity contribution in [3.8, 4) is 0 Å². The maximum Gasteiger partial charge on any atom is 0.217 e. The van der Waals surface area contributed by atoms with Crippen LogP contribution in [0.1, 0.15) is 13.8 Å². The molecule has 35 atom stereocenters. The van der Waals surface area contributed by atoms with Crippen LogP contribution in [0.2, 0.25) is 0 Å². The second-order valence-corrected chi connectivity index (χ2v) is 21.1. The molecule has 7 aliphatic rings. The van der Waals surface area contributed by atoms with Gasteiger partial charge < -0.3 is 179 Å². The van der Waals surface area contributed by atoms with Gasteiger partial charge in [0.15, 0.2) is 44.0 Å². The number of amides is 2. The van der Waals surface area contributed by atoms with Gasteiger partial charge in [-0.05, 0) is 0 Å². The number of carbonyl (C=O) groups is 2. The molecule has 1 unspecified atom stereocenters. The third kappa shape index (κ3) is 14.7. The van der Waals surface area contributed by atoms with Crippen molar-refractivity contribution < 1.29 is 178 Å². The quantitative estimate of drug-likeness (QED) is 0.0507. The van der Waals surface area contributed by atoms with Crippen LogP contribution < -0.4 is 10.6 Å². The van der Waals surface area contributed by atoms with Gasteiger partial charge in [-0.15, -0.1) is 0 Å². The number of aliphatic hydroxyl groups is 21. The summed E-state index contributed by atoms with van der Waals surface area (Å²) < 4.78 is 74.9. The summed E-state index contributed by atoms with van der Waals surface area (Å²) in [5, 5.41) is 230. The summed E-state index contributed by atoms with van der Waals surface area (Å²) in [4.78, 5) is 25.6. The molecule has 7 fully saturated rings. The topological polar surface area (TPSA) is 603 Å². The minimum Gasteiger partial charge on any atom is -0.394 e. The average molecular weight is 1240 g/mol. The fraction of sp³-hybridized carbons (Fsp3) is 0.957. The molecule has 0 aliphatic carbocycles. The Balaban J connectivity index is 1.21. The molecular formula is C46H78N2O36. The van der Waals surface area contributed by atoms with E-state index in [0.29, 0.717) is 0 Å². The third-order valence-electron chi connectivity index (χ3n) is 15.3. The summed E-state index contributed by atoms with van der Waals surface area (Å²) in [6, 6.07) is -3.76. The summed E-state index contributed by atoms with van der Waals surface area (Å²) in [6.45, 7) is -5.01. The summed E-state index contributed by atoms with van der Waals surface area (Å²) in [7, 11) is 0. The average Bonchev–Trinajstić information content (AvgIpc) is 3.27. The molecule has 7 heterocycles. The molecule has 0 aromatic rings. The Hall–Kier alpha value is -2.42. The molecule has 7 rings (SSSR count). The van der Waals surface area contributed by atoms with E-state index in [9.17, 15) is 117 Å². The van der Waals surface area contributed by atoms with Crippen LogP contribution in [0.15, 0.2) is 0 Å². The zero-order valence-corrected chi connectivity index (χ0v) is 44.7. The number of nitrogens with one attached hydrogen (secondary N) is 2. The van der Waals surface area contributed by atoms with Crippen molar-refractivity contribution in [2.24, 2.45) is 0 Å². The van der Waals surface area contributed by atoms with E-state index in [1.165, 1.54) is 0 Å². The number of aliphatic hydroxyl groups excluding tert-OH is 21. The molecule has 0 aromatic heterocycles. The lowest BCUT2D eigenvalue weighted by molar-refractivity contribution is -0.400. The van der Waals surface area contributed by atoms with Crippen LogP contribution in [0.25, 0.3) is 0 Å². The summed E-state index contributed by atoms with van der Waals surface area (Å²) in [5.41, 5.74) is 0. The highest BCUT2D eigenvalue weighted by atomic mass is 16.8. The fourth-order valence-corrected chi connectivity index (χ4v) is 10.7. The van der Waals surface area contributed by atoms with Gasteiger partial charge in [0.25, 0.3) is 0 Å². The van der Waals surface area contributed by atoms with E-state index < -0.39 is 273 Å². The smallest absolute Gasteiger partial charge is 0.217 e. The first-order chi connectivity index (χ1) is 39.7. The van der Waals surface area contributed by atoms with Crippen molar-refractivity contribution in [1.82, 2.24) is 10.6 Å². The molecular weight excluding hydrogens is 1160 g/mol.